The van der Waals surface area contributed by atoms with E-state index in [-0.39, 0.29) is 0 Å². The summed E-state index contributed by atoms with van der Waals surface area (Å²) in [5, 5.41) is 12.2. The van der Waals surface area contributed by atoms with Crippen molar-refractivity contribution in [1.29, 1.82) is 0 Å². The molecule has 0 fully saturated rings. The minimum Gasteiger partial charge on any atom is -0.473 e. The molecular weight excluding hydrogens is 432 g/mol. The third kappa shape index (κ3) is 19.7. The van der Waals surface area contributed by atoms with E-state index in [0.29, 0.717) is 0 Å². The van der Waals surface area contributed by atoms with Gasteiger partial charge in [0, 0.05) is 0 Å². The molecule has 0 atom stereocenters. The lowest BCUT2D eigenvalue weighted by atomic mass is 10.7. The predicted molar refractivity (Wildman–Crippen MR) is 129 cm³/mol. The molecule has 0 N–H and O–H groups in total. The molecule has 6 rings (SSSR count). The lowest BCUT2D eigenvalue weighted by Crippen LogP contribution is -1.16. The summed E-state index contributed by atoms with van der Waals surface area (Å²) in [6, 6.07) is 23.1. The van der Waals surface area contributed by atoms with E-state index in [1.54, 1.807) is 71.6 Å². The predicted octanol–water partition coefficient (Wildman–Crippen LogP) is 9.08. The standard InChI is InChI=1S/3C4H4O.3C4H4S/c6*1-2-4-5-3-1/h6*1-4H. The molecule has 0 aliphatic carbocycles. The van der Waals surface area contributed by atoms with Crippen molar-refractivity contribution in [3.63, 3.8) is 0 Å². The Balaban J connectivity index is 0.000000180. The summed E-state index contributed by atoms with van der Waals surface area (Å²) in [6.45, 7) is 0. The van der Waals surface area contributed by atoms with Gasteiger partial charge in [-0.15, -0.1) is 0 Å². The van der Waals surface area contributed by atoms with Gasteiger partial charge in [-0.25, -0.2) is 0 Å². The molecule has 0 radical (unpaired) electrons. The Morgan fingerprint density at radius 1 is 0.267 bits per heavy atom. The minimum atomic E-state index is 1.62. The van der Waals surface area contributed by atoms with Crippen LogP contribution in [-0.4, -0.2) is 0 Å². The van der Waals surface area contributed by atoms with Gasteiger partial charge in [-0.2, -0.15) is 34.0 Å². The molecule has 6 heteroatoms. The fourth-order valence-corrected chi connectivity index (χ4v) is 2.72. The molecule has 6 heterocycles. The van der Waals surface area contributed by atoms with Crippen LogP contribution in [0, 0.1) is 0 Å². The summed E-state index contributed by atoms with van der Waals surface area (Å²) in [7, 11) is 0. The quantitative estimate of drug-likeness (QED) is 0.229. The van der Waals surface area contributed by atoms with Gasteiger partial charge >= 0.3 is 0 Å². The Hall–Kier alpha value is -3.06. The lowest BCUT2D eigenvalue weighted by molar-refractivity contribution is 0.567. The summed E-state index contributed by atoms with van der Waals surface area (Å²) < 4.78 is 13.8. The van der Waals surface area contributed by atoms with Crippen LogP contribution in [0.4, 0.5) is 0 Å². The second-order valence-corrected chi connectivity index (χ2v) is 7.21. The number of hydrogen-bond donors (Lipinski definition) is 0. The largest absolute Gasteiger partial charge is 0.473 e. The summed E-state index contributed by atoms with van der Waals surface area (Å²) >= 11 is 5.14. The van der Waals surface area contributed by atoms with Crippen LogP contribution < -0.4 is 0 Å². The summed E-state index contributed by atoms with van der Waals surface area (Å²) in [6.07, 6.45) is 9.75. The maximum atomic E-state index is 4.58. The average molecular weight is 457 g/mol. The van der Waals surface area contributed by atoms with Crippen LogP contribution >= 0.6 is 34.0 Å². The Morgan fingerprint density at radius 3 is 0.533 bits per heavy atom. The first kappa shape index (κ1) is 25.0. The molecule has 156 valence electrons. The van der Waals surface area contributed by atoms with E-state index in [2.05, 4.69) is 13.3 Å². The smallest absolute Gasteiger partial charge is 0.0902 e. The van der Waals surface area contributed by atoms with E-state index in [9.17, 15) is 0 Å². The van der Waals surface area contributed by atoms with Gasteiger partial charge in [0.1, 0.15) is 0 Å². The zero-order valence-corrected chi connectivity index (χ0v) is 18.8. The van der Waals surface area contributed by atoms with Crippen molar-refractivity contribution in [1.82, 2.24) is 0 Å². The molecular formula is C24H24O3S3. The molecule has 30 heavy (non-hydrogen) atoms. The van der Waals surface area contributed by atoms with Crippen LogP contribution in [0.15, 0.2) is 156 Å². The zero-order chi connectivity index (χ0) is 21.2. The molecule has 3 nitrogen and oxygen atoms in total. The van der Waals surface area contributed by atoms with Crippen LogP contribution in [0.3, 0.4) is 0 Å². The number of hydrogen-bond acceptors (Lipinski definition) is 6. The van der Waals surface area contributed by atoms with Crippen LogP contribution in [-0.2, 0) is 0 Å². The van der Waals surface area contributed by atoms with Gasteiger partial charge in [0.15, 0.2) is 0 Å². The molecule has 0 amide bonds. The Morgan fingerprint density at radius 2 is 0.467 bits per heavy atom. The Bertz CT molecular complexity index is 570. The maximum Gasteiger partial charge on any atom is 0.0902 e. The Labute approximate surface area is 189 Å². The second-order valence-electron chi connectivity index (χ2n) is 4.76. The minimum absolute atomic E-state index is 1.62. The molecule has 0 spiro atoms. The normalized spacial score (nSPS) is 8.00. The fourth-order valence-electron chi connectivity index (χ4n) is 1.36. The summed E-state index contributed by atoms with van der Waals surface area (Å²) in [4.78, 5) is 0. The van der Waals surface area contributed by atoms with Gasteiger partial charge in [-0.05, 0) is 68.7 Å². The summed E-state index contributed by atoms with van der Waals surface area (Å²) in [5.74, 6) is 0. The zero-order valence-electron chi connectivity index (χ0n) is 16.3. The molecule has 0 aromatic carbocycles. The van der Waals surface area contributed by atoms with Crippen LogP contribution in [0.5, 0.6) is 0 Å². The molecule has 6 aromatic rings. The summed E-state index contributed by atoms with van der Waals surface area (Å²) in [5.41, 5.74) is 0. The van der Waals surface area contributed by atoms with Crippen molar-refractivity contribution in [3.8, 4) is 0 Å². The molecule has 0 bridgehead atoms. The van der Waals surface area contributed by atoms with E-state index < -0.39 is 0 Å². The average Bonchev–Trinajstić information content (AvgIpc) is 3.69. The fraction of sp³-hybridized carbons (Fsp3) is 0. The van der Waals surface area contributed by atoms with Crippen molar-refractivity contribution in [3.05, 3.63) is 143 Å². The topological polar surface area (TPSA) is 39.4 Å². The van der Waals surface area contributed by atoms with Gasteiger partial charge in [0.25, 0.3) is 0 Å². The lowest BCUT2D eigenvalue weighted by Gasteiger charge is -1.50. The number of furan rings is 3. The third-order valence-corrected chi connectivity index (χ3v) is 4.44. The molecule has 0 saturated heterocycles. The molecule has 0 saturated carbocycles. The number of rotatable bonds is 0. The van der Waals surface area contributed by atoms with Gasteiger partial charge in [0.05, 0.1) is 37.6 Å². The molecule has 6 aromatic heterocycles. The van der Waals surface area contributed by atoms with Crippen molar-refractivity contribution < 1.29 is 13.3 Å². The molecule has 0 unspecified atom stereocenters. The number of thiophene rings is 3. The monoisotopic (exact) mass is 456 g/mol. The van der Waals surface area contributed by atoms with Crippen LogP contribution in [0.25, 0.3) is 0 Å². The molecule has 0 aliphatic rings. The maximum absolute atomic E-state index is 4.58. The van der Waals surface area contributed by atoms with E-state index in [0.717, 1.165) is 0 Å². The highest BCUT2D eigenvalue weighted by Crippen LogP contribution is 1.92. The SMILES string of the molecule is c1ccoc1.c1ccoc1.c1ccoc1.c1ccsc1.c1ccsc1.c1ccsc1. The first-order chi connectivity index (χ1) is 15.0. The molecule has 0 aliphatic heterocycles. The van der Waals surface area contributed by atoms with Crippen molar-refractivity contribution in [2.45, 2.75) is 0 Å². The van der Waals surface area contributed by atoms with E-state index in [4.69, 9.17) is 0 Å². The highest BCUT2D eigenvalue weighted by molar-refractivity contribution is 7.08. The Kier molecular flexibility index (Phi) is 18.5. The van der Waals surface area contributed by atoms with Gasteiger partial charge in [-0.1, -0.05) is 36.4 Å². The highest BCUT2D eigenvalue weighted by Gasteiger charge is 1.61. The van der Waals surface area contributed by atoms with Crippen molar-refractivity contribution >= 4 is 34.0 Å². The van der Waals surface area contributed by atoms with E-state index >= 15 is 0 Å². The van der Waals surface area contributed by atoms with E-state index in [1.807, 2.05) is 105 Å². The first-order valence-corrected chi connectivity index (χ1v) is 11.7. The van der Waals surface area contributed by atoms with Crippen LogP contribution in [0.1, 0.15) is 0 Å². The van der Waals surface area contributed by atoms with Crippen molar-refractivity contribution in [2.24, 2.45) is 0 Å². The third-order valence-electron chi connectivity index (χ3n) is 2.55. The second kappa shape index (κ2) is 22.2. The van der Waals surface area contributed by atoms with E-state index in [1.165, 1.54) is 0 Å². The van der Waals surface area contributed by atoms with Crippen LogP contribution in [0.2, 0.25) is 0 Å². The van der Waals surface area contributed by atoms with Gasteiger partial charge < -0.3 is 13.3 Å². The first-order valence-electron chi connectivity index (χ1n) is 8.83. The van der Waals surface area contributed by atoms with Gasteiger partial charge in [-0.3, -0.25) is 0 Å². The van der Waals surface area contributed by atoms with Crippen molar-refractivity contribution in [2.75, 3.05) is 0 Å². The highest BCUT2D eigenvalue weighted by atomic mass is 32.1. The van der Waals surface area contributed by atoms with Gasteiger partial charge in [0.2, 0.25) is 0 Å².